The summed E-state index contributed by atoms with van der Waals surface area (Å²) in [7, 11) is 0. The Balaban J connectivity index is 2.17. The first-order chi connectivity index (χ1) is 8.63. The summed E-state index contributed by atoms with van der Waals surface area (Å²) in [6, 6.07) is 11.1. The van der Waals surface area contributed by atoms with Gasteiger partial charge in [-0.05, 0) is 42.8 Å². The minimum Gasteiger partial charge on any atom is -0.454 e. The van der Waals surface area contributed by atoms with Gasteiger partial charge in [-0.15, -0.1) is 0 Å². The van der Waals surface area contributed by atoms with Gasteiger partial charge in [-0.3, -0.25) is 4.79 Å². The second kappa shape index (κ2) is 4.14. The molecule has 0 aromatic heterocycles. The zero-order valence-electron chi connectivity index (χ0n) is 9.66. The smallest absolute Gasteiger partial charge is 0.259 e. The number of carbonyl (C=O) groups excluding carboxylic acids is 1. The summed E-state index contributed by atoms with van der Waals surface area (Å²) in [5.74, 6) is 1.08. The number of nitrogens with one attached hydrogen (secondary N) is 1. The van der Waals surface area contributed by atoms with Crippen LogP contribution in [-0.4, -0.2) is 5.91 Å². The van der Waals surface area contributed by atoms with Crippen LogP contribution in [0, 0.1) is 6.92 Å². The third-order valence-electron chi connectivity index (χ3n) is 2.79. The fourth-order valence-electron chi connectivity index (χ4n) is 1.89. The molecule has 2 aromatic rings. The molecule has 3 rings (SSSR count). The number of rotatable bonds is 0. The summed E-state index contributed by atoms with van der Waals surface area (Å²) in [6.45, 7) is 1.98. The van der Waals surface area contributed by atoms with Crippen molar-refractivity contribution in [2.75, 3.05) is 5.32 Å². The van der Waals surface area contributed by atoms with Gasteiger partial charge in [0, 0.05) is 4.47 Å². The average molecular weight is 304 g/mol. The monoisotopic (exact) mass is 303 g/mol. The Bertz CT molecular complexity index is 652. The lowest BCUT2D eigenvalue weighted by molar-refractivity contribution is 0.102. The second-order valence-corrected chi connectivity index (χ2v) is 5.11. The number of hydrogen-bond acceptors (Lipinski definition) is 2. The molecule has 0 radical (unpaired) electrons. The molecule has 0 saturated carbocycles. The molecule has 0 atom stereocenters. The minimum atomic E-state index is -0.158. The normalized spacial score (nSPS) is 12.9. The Morgan fingerprint density at radius 3 is 2.78 bits per heavy atom. The summed E-state index contributed by atoms with van der Waals surface area (Å²) < 4.78 is 6.65. The summed E-state index contributed by atoms with van der Waals surface area (Å²) in [4.78, 5) is 12.1. The van der Waals surface area contributed by atoms with Crippen molar-refractivity contribution in [1.29, 1.82) is 0 Å². The molecular formula is C14H10BrNO2. The molecule has 90 valence electrons. The predicted octanol–water partition coefficient (Wildman–Crippen LogP) is 4.12. The highest BCUT2D eigenvalue weighted by Gasteiger charge is 2.20. The summed E-state index contributed by atoms with van der Waals surface area (Å²) in [5.41, 5.74) is 2.31. The molecule has 1 amide bonds. The molecule has 0 saturated heterocycles. The SMILES string of the molecule is Cc1ccc2c(c1)Oc1ccc(Br)cc1C(=O)N2. The lowest BCUT2D eigenvalue weighted by Gasteiger charge is -2.08. The lowest BCUT2D eigenvalue weighted by atomic mass is 10.2. The van der Waals surface area contributed by atoms with E-state index >= 15 is 0 Å². The number of hydrogen-bond donors (Lipinski definition) is 1. The van der Waals surface area contributed by atoms with Crippen LogP contribution < -0.4 is 10.1 Å². The number of anilines is 1. The molecule has 1 heterocycles. The Kier molecular flexibility index (Phi) is 2.59. The number of carbonyl (C=O) groups is 1. The highest BCUT2D eigenvalue weighted by atomic mass is 79.9. The number of halogens is 1. The number of aryl methyl sites for hydroxylation is 1. The van der Waals surface area contributed by atoms with E-state index in [2.05, 4.69) is 21.2 Å². The van der Waals surface area contributed by atoms with Crippen LogP contribution in [0.15, 0.2) is 40.9 Å². The van der Waals surface area contributed by atoms with Crippen molar-refractivity contribution < 1.29 is 9.53 Å². The fourth-order valence-corrected chi connectivity index (χ4v) is 2.26. The average Bonchev–Trinajstić information content (AvgIpc) is 2.46. The molecule has 0 unspecified atom stereocenters. The number of benzene rings is 2. The molecule has 18 heavy (non-hydrogen) atoms. The van der Waals surface area contributed by atoms with Crippen LogP contribution in [0.1, 0.15) is 15.9 Å². The number of fused-ring (bicyclic) bond motifs is 2. The van der Waals surface area contributed by atoms with E-state index in [1.54, 1.807) is 12.1 Å². The van der Waals surface area contributed by atoms with Crippen molar-refractivity contribution in [2.24, 2.45) is 0 Å². The summed E-state index contributed by atoms with van der Waals surface area (Å²) >= 11 is 3.35. The Morgan fingerprint density at radius 2 is 1.94 bits per heavy atom. The second-order valence-electron chi connectivity index (χ2n) is 4.20. The van der Waals surface area contributed by atoms with Gasteiger partial charge in [0.15, 0.2) is 5.75 Å². The third kappa shape index (κ3) is 1.88. The highest BCUT2D eigenvalue weighted by Crippen LogP contribution is 2.36. The zero-order valence-corrected chi connectivity index (χ0v) is 11.2. The van der Waals surface area contributed by atoms with Gasteiger partial charge in [-0.1, -0.05) is 22.0 Å². The molecule has 0 fully saturated rings. The van der Waals surface area contributed by atoms with Gasteiger partial charge in [0.05, 0.1) is 11.3 Å². The maximum atomic E-state index is 12.1. The quantitative estimate of drug-likeness (QED) is 0.795. The van der Waals surface area contributed by atoms with E-state index in [1.165, 1.54) is 0 Å². The molecule has 1 aliphatic heterocycles. The summed E-state index contributed by atoms with van der Waals surface area (Å²) in [6.07, 6.45) is 0. The molecular weight excluding hydrogens is 294 g/mol. The van der Waals surface area contributed by atoms with E-state index in [0.29, 0.717) is 22.7 Å². The molecule has 1 N–H and O–H groups in total. The van der Waals surface area contributed by atoms with Crippen LogP contribution in [0.5, 0.6) is 11.5 Å². The van der Waals surface area contributed by atoms with Crippen molar-refractivity contribution in [2.45, 2.75) is 6.92 Å². The van der Waals surface area contributed by atoms with Crippen LogP contribution in [-0.2, 0) is 0 Å². The van der Waals surface area contributed by atoms with Crippen molar-refractivity contribution in [3.8, 4) is 11.5 Å². The van der Waals surface area contributed by atoms with E-state index in [9.17, 15) is 4.79 Å². The van der Waals surface area contributed by atoms with E-state index in [0.717, 1.165) is 10.0 Å². The van der Waals surface area contributed by atoms with Gasteiger partial charge >= 0.3 is 0 Å². The molecule has 1 aliphatic rings. The van der Waals surface area contributed by atoms with E-state index in [1.807, 2.05) is 31.2 Å². The maximum Gasteiger partial charge on any atom is 0.259 e. The van der Waals surface area contributed by atoms with Gasteiger partial charge < -0.3 is 10.1 Å². The Hall–Kier alpha value is -1.81. The molecule has 0 bridgehead atoms. The summed E-state index contributed by atoms with van der Waals surface area (Å²) in [5, 5.41) is 2.85. The topological polar surface area (TPSA) is 38.3 Å². The fraction of sp³-hybridized carbons (Fsp3) is 0.0714. The van der Waals surface area contributed by atoms with Crippen molar-refractivity contribution in [3.63, 3.8) is 0 Å². The minimum absolute atomic E-state index is 0.158. The Morgan fingerprint density at radius 1 is 1.11 bits per heavy atom. The van der Waals surface area contributed by atoms with Crippen molar-refractivity contribution in [3.05, 3.63) is 52.0 Å². The third-order valence-corrected chi connectivity index (χ3v) is 3.28. The van der Waals surface area contributed by atoms with Crippen molar-refractivity contribution >= 4 is 27.5 Å². The molecule has 0 aliphatic carbocycles. The van der Waals surface area contributed by atoms with Gasteiger partial charge in [0.2, 0.25) is 0 Å². The Labute approximate surface area is 113 Å². The van der Waals surface area contributed by atoms with Gasteiger partial charge in [0.25, 0.3) is 5.91 Å². The van der Waals surface area contributed by atoms with E-state index in [-0.39, 0.29) is 5.91 Å². The maximum absolute atomic E-state index is 12.1. The molecule has 3 nitrogen and oxygen atoms in total. The zero-order chi connectivity index (χ0) is 12.7. The van der Waals surface area contributed by atoms with Crippen LogP contribution in [0.25, 0.3) is 0 Å². The van der Waals surface area contributed by atoms with Crippen LogP contribution in [0.3, 0.4) is 0 Å². The first-order valence-corrected chi connectivity index (χ1v) is 6.32. The van der Waals surface area contributed by atoms with Gasteiger partial charge in [-0.2, -0.15) is 0 Å². The van der Waals surface area contributed by atoms with Crippen LogP contribution in [0.2, 0.25) is 0 Å². The van der Waals surface area contributed by atoms with Crippen LogP contribution >= 0.6 is 15.9 Å². The molecule has 0 spiro atoms. The highest BCUT2D eigenvalue weighted by molar-refractivity contribution is 9.10. The van der Waals surface area contributed by atoms with Crippen molar-refractivity contribution in [1.82, 2.24) is 0 Å². The molecule has 2 aromatic carbocycles. The lowest BCUT2D eigenvalue weighted by Crippen LogP contribution is -2.10. The van der Waals surface area contributed by atoms with E-state index in [4.69, 9.17) is 4.74 Å². The number of amides is 1. The van der Waals surface area contributed by atoms with Gasteiger partial charge in [0.1, 0.15) is 5.75 Å². The van der Waals surface area contributed by atoms with Gasteiger partial charge in [-0.25, -0.2) is 0 Å². The standard InChI is InChI=1S/C14H10BrNO2/c1-8-2-4-11-13(6-8)18-12-5-3-9(15)7-10(12)14(17)16-11/h2-7H,1H3,(H,16,17). The van der Waals surface area contributed by atoms with E-state index < -0.39 is 0 Å². The number of ether oxygens (including phenoxy) is 1. The first kappa shape index (κ1) is 11.3. The molecule has 4 heteroatoms. The predicted molar refractivity (Wildman–Crippen MR) is 73.3 cm³/mol. The first-order valence-electron chi connectivity index (χ1n) is 5.53. The van der Waals surface area contributed by atoms with Crippen LogP contribution in [0.4, 0.5) is 5.69 Å². The largest absolute Gasteiger partial charge is 0.454 e.